The molecule has 0 saturated carbocycles. The number of nitrogens with zero attached hydrogens (tertiary/aromatic N) is 1. The van der Waals surface area contributed by atoms with Crippen LogP contribution in [0.3, 0.4) is 0 Å². The number of likely N-dealkylation sites (tertiary alicyclic amines) is 1. The number of nitrogens with two attached hydrogens (primary N) is 2. The highest BCUT2D eigenvalue weighted by Crippen LogP contribution is 2.33. The second-order valence-electron chi connectivity index (χ2n) is 4.86. The first kappa shape index (κ1) is 13.2. The zero-order valence-electron chi connectivity index (χ0n) is 10.3. The van der Waals surface area contributed by atoms with Gasteiger partial charge in [0.05, 0.1) is 17.1 Å². The van der Waals surface area contributed by atoms with Crippen molar-refractivity contribution in [3.63, 3.8) is 0 Å². The summed E-state index contributed by atoms with van der Waals surface area (Å²) in [5.41, 5.74) is 12.0. The molecule has 0 amide bonds. The Morgan fingerprint density at radius 3 is 2.83 bits per heavy atom. The van der Waals surface area contributed by atoms with E-state index in [4.69, 9.17) is 23.1 Å². The fraction of sp³-hybridized carbons (Fsp3) is 0.500. The van der Waals surface area contributed by atoms with Crippen molar-refractivity contribution in [2.45, 2.75) is 6.42 Å². The van der Waals surface area contributed by atoms with E-state index in [1.165, 1.54) is 6.07 Å². The van der Waals surface area contributed by atoms with E-state index in [0.29, 0.717) is 18.2 Å². The third-order valence-electron chi connectivity index (χ3n) is 3.32. The first-order valence-corrected chi connectivity index (χ1v) is 6.32. The van der Waals surface area contributed by atoms with Gasteiger partial charge < -0.3 is 21.7 Å². The number of anilines is 3. The van der Waals surface area contributed by atoms with Crippen LogP contribution in [0.25, 0.3) is 0 Å². The molecule has 1 aliphatic rings. The summed E-state index contributed by atoms with van der Waals surface area (Å²) < 4.78 is 13.9. The van der Waals surface area contributed by atoms with Crippen LogP contribution in [0, 0.1) is 11.7 Å². The lowest BCUT2D eigenvalue weighted by molar-refractivity contribution is 0.399. The molecule has 4 nitrogen and oxygen atoms in total. The third kappa shape index (κ3) is 2.62. The number of halogens is 2. The van der Waals surface area contributed by atoms with Crippen LogP contribution in [0.2, 0.25) is 5.02 Å². The Kier molecular flexibility index (Phi) is 3.82. The summed E-state index contributed by atoms with van der Waals surface area (Å²) in [5.74, 6) is -0.0642. The first-order valence-electron chi connectivity index (χ1n) is 5.94. The number of nitrogens with one attached hydrogen (secondary N) is 1. The second-order valence-corrected chi connectivity index (χ2v) is 5.23. The molecule has 0 spiro atoms. The highest BCUT2D eigenvalue weighted by atomic mass is 35.5. The summed E-state index contributed by atoms with van der Waals surface area (Å²) in [5, 5.41) is 2.97. The molecule has 2 rings (SSSR count). The van der Waals surface area contributed by atoms with Gasteiger partial charge in [0.2, 0.25) is 0 Å². The van der Waals surface area contributed by atoms with Crippen molar-refractivity contribution in [1.82, 2.24) is 4.90 Å². The van der Waals surface area contributed by atoms with Crippen molar-refractivity contribution >= 4 is 28.7 Å². The molecule has 1 aromatic rings. The number of rotatable bonds is 3. The number of benzene rings is 1. The zero-order chi connectivity index (χ0) is 13.3. The molecular formula is C12H18ClFN4. The largest absolute Gasteiger partial charge is 0.397 e. The average Bonchev–Trinajstić information content (AvgIpc) is 2.72. The maximum absolute atomic E-state index is 13.9. The molecule has 5 N–H and O–H groups in total. The van der Waals surface area contributed by atoms with Crippen molar-refractivity contribution in [2.24, 2.45) is 5.92 Å². The number of nitrogen functional groups attached to an aromatic ring is 2. The van der Waals surface area contributed by atoms with Crippen molar-refractivity contribution in [2.75, 3.05) is 43.5 Å². The Labute approximate surface area is 111 Å². The Hall–Kier alpha value is -1.20. The molecule has 1 aliphatic heterocycles. The molecule has 0 aliphatic carbocycles. The molecule has 6 heteroatoms. The lowest BCUT2D eigenvalue weighted by atomic mass is 10.1. The van der Waals surface area contributed by atoms with Gasteiger partial charge in [0.25, 0.3) is 0 Å². The molecule has 1 atom stereocenters. The summed E-state index contributed by atoms with van der Waals surface area (Å²) in [4.78, 5) is 2.25. The van der Waals surface area contributed by atoms with Gasteiger partial charge in [-0.25, -0.2) is 4.39 Å². The highest BCUT2D eigenvalue weighted by molar-refractivity contribution is 6.33. The Morgan fingerprint density at radius 1 is 1.50 bits per heavy atom. The van der Waals surface area contributed by atoms with E-state index in [1.807, 2.05) is 0 Å². The lowest BCUT2D eigenvalue weighted by Gasteiger charge is -2.16. The van der Waals surface area contributed by atoms with Crippen molar-refractivity contribution in [3.8, 4) is 0 Å². The van der Waals surface area contributed by atoms with Crippen LogP contribution in [0.5, 0.6) is 0 Å². The van der Waals surface area contributed by atoms with Crippen LogP contribution >= 0.6 is 11.6 Å². The molecule has 18 heavy (non-hydrogen) atoms. The highest BCUT2D eigenvalue weighted by Gasteiger charge is 2.20. The van der Waals surface area contributed by atoms with E-state index in [0.717, 1.165) is 19.5 Å². The van der Waals surface area contributed by atoms with Crippen LogP contribution < -0.4 is 16.8 Å². The van der Waals surface area contributed by atoms with Gasteiger partial charge in [-0.15, -0.1) is 0 Å². The van der Waals surface area contributed by atoms with Crippen LogP contribution in [-0.4, -0.2) is 31.6 Å². The summed E-state index contributed by atoms with van der Waals surface area (Å²) in [6.07, 6.45) is 1.10. The summed E-state index contributed by atoms with van der Waals surface area (Å²) in [6, 6.07) is 1.48. The van der Waals surface area contributed by atoms with Crippen molar-refractivity contribution in [1.29, 1.82) is 0 Å². The molecular weight excluding hydrogens is 255 g/mol. The fourth-order valence-corrected chi connectivity index (χ4v) is 2.43. The third-order valence-corrected chi connectivity index (χ3v) is 3.71. The Morgan fingerprint density at radius 2 is 2.22 bits per heavy atom. The number of hydrogen-bond acceptors (Lipinski definition) is 4. The first-order chi connectivity index (χ1) is 8.49. The molecule has 0 radical (unpaired) electrons. The monoisotopic (exact) mass is 272 g/mol. The molecule has 1 fully saturated rings. The van der Waals surface area contributed by atoms with Gasteiger partial charge in [0.1, 0.15) is 5.02 Å². The maximum atomic E-state index is 13.9. The van der Waals surface area contributed by atoms with Gasteiger partial charge >= 0.3 is 0 Å². The molecule has 100 valence electrons. The van der Waals surface area contributed by atoms with E-state index in [1.54, 1.807) is 0 Å². The van der Waals surface area contributed by atoms with Gasteiger partial charge in [0, 0.05) is 13.1 Å². The Bertz CT molecular complexity index is 452. The van der Waals surface area contributed by atoms with Crippen LogP contribution in [0.4, 0.5) is 21.5 Å². The predicted molar refractivity (Wildman–Crippen MR) is 74.3 cm³/mol. The standard InChI is InChI=1S/C12H18ClFN4/c1-18-3-2-7(6-18)5-17-12-9(16)4-8(15)10(13)11(12)14/h4,7,17H,2-3,5-6,15-16H2,1H3. The predicted octanol–water partition coefficient (Wildman–Crippen LogP) is 2.01. The van der Waals surface area contributed by atoms with E-state index < -0.39 is 5.82 Å². The Balaban J connectivity index is 2.07. The van der Waals surface area contributed by atoms with E-state index in [-0.39, 0.29) is 16.4 Å². The molecule has 0 bridgehead atoms. The van der Waals surface area contributed by atoms with Crippen molar-refractivity contribution < 1.29 is 4.39 Å². The van der Waals surface area contributed by atoms with Gasteiger partial charge in [-0.05, 0) is 32.0 Å². The van der Waals surface area contributed by atoms with Gasteiger partial charge in [-0.2, -0.15) is 0 Å². The SMILES string of the molecule is CN1CCC(CNc2c(N)cc(N)c(Cl)c2F)C1. The zero-order valence-corrected chi connectivity index (χ0v) is 11.1. The topological polar surface area (TPSA) is 67.3 Å². The minimum atomic E-state index is -0.569. The van der Waals surface area contributed by atoms with Crippen molar-refractivity contribution in [3.05, 3.63) is 16.9 Å². The molecule has 1 unspecified atom stereocenters. The minimum absolute atomic E-state index is 0.0739. The van der Waals surface area contributed by atoms with E-state index >= 15 is 0 Å². The summed E-state index contributed by atoms with van der Waals surface area (Å²) in [7, 11) is 2.08. The molecule has 1 aromatic carbocycles. The normalized spacial score (nSPS) is 20.3. The molecule has 0 aromatic heterocycles. The fourth-order valence-electron chi connectivity index (χ4n) is 2.29. The number of hydrogen-bond donors (Lipinski definition) is 3. The van der Waals surface area contributed by atoms with Gasteiger partial charge in [-0.3, -0.25) is 0 Å². The van der Waals surface area contributed by atoms with Gasteiger partial charge in [0.15, 0.2) is 5.82 Å². The minimum Gasteiger partial charge on any atom is -0.397 e. The second kappa shape index (κ2) is 5.20. The van der Waals surface area contributed by atoms with Crippen LogP contribution in [0.1, 0.15) is 6.42 Å². The smallest absolute Gasteiger partial charge is 0.169 e. The van der Waals surface area contributed by atoms with Gasteiger partial charge in [-0.1, -0.05) is 11.6 Å². The van der Waals surface area contributed by atoms with Crippen LogP contribution in [-0.2, 0) is 0 Å². The summed E-state index contributed by atoms with van der Waals surface area (Å²) in [6.45, 7) is 2.77. The lowest BCUT2D eigenvalue weighted by Crippen LogP contribution is -2.20. The quantitative estimate of drug-likeness (QED) is 0.737. The molecule has 1 saturated heterocycles. The summed E-state index contributed by atoms with van der Waals surface area (Å²) >= 11 is 5.77. The maximum Gasteiger partial charge on any atom is 0.169 e. The van der Waals surface area contributed by atoms with Crippen LogP contribution in [0.15, 0.2) is 6.07 Å². The van der Waals surface area contributed by atoms with E-state index in [9.17, 15) is 4.39 Å². The molecule has 1 heterocycles. The van der Waals surface area contributed by atoms with E-state index in [2.05, 4.69) is 17.3 Å². The average molecular weight is 273 g/mol.